The molecule has 0 aromatic carbocycles. The Morgan fingerprint density at radius 1 is 1.65 bits per heavy atom. The third-order valence-corrected chi connectivity index (χ3v) is 3.06. The lowest BCUT2D eigenvalue weighted by atomic mass is 10.7. The first-order valence-corrected chi connectivity index (χ1v) is 6.23. The van der Waals surface area contributed by atoms with Gasteiger partial charge >= 0.3 is 5.95 Å². The molecular weight excluding hydrogens is 252 g/mol. The molecule has 1 N–H and O–H groups in total. The Hall–Kier alpha value is -1.52. The van der Waals surface area contributed by atoms with Gasteiger partial charge in [-0.3, -0.25) is 0 Å². The zero-order chi connectivity index (χ0) is 12.9. The second kappa shape index (κ2) is 5.70. The molecular formula is C7H12N4O5S. The van der Waals surface area contributed by atoms with E-state index in [0.29, 0.717) is 0 Å². The number of rotatable bonds is 7. The largest absolute Gasteiger partial charge is 0.435 e. The number of nitrogens with zero attached hydrogens (tertiary/aromatic N) is 3. The topological polar surface area (TPSA) is 116 Å². The van der Waals surface area contributed by atoms with Gasteiger partial charge in [-0.25, -0.2) is 17.7 Å². The van der Waals surface area contributed by atoms with Gasteiger partial charge in [0.05, 0.1) is 6.61 Å². The van der Waals surface area contributed by atoms with E-state index in [-0.39, 0.29) is 13.2 Å². The molecule has 0 saturated carbocycles. The Kier molecular flexibility index (Phi) is 4.54. The highest BCUT2D eigenvalue weighted by Crippen LogP contribution is 2.08. The number of nitrogens with one attached hydrogen (secondary N) is 1. The Morgan fingerprint density at radius 2 is 2.35 bits per heavy atom. The Bertz CT molecular complexity index is 482. The summed E-state index contributed by atoms with van der Waals surface area (Å²) in [4.78, 5) is 13.2. The average molecular weight is 264 g/mol. The van der Waals surface area contributed by atoms with Crippen LogP contribution in [0.1, 0.15) is 0 Å². The van der Waals surface area contributed by atoms with Crippen molar-refractivity contribution >= 4 is 16.0 Å². The molecule has 0 spiro atoms. The molecule has 0 aliphatic carbocycles. The second-order valence-corrected chi connectivity index (χ2v) is 4.86. The van der Waals surface area contributed by atoms with Crippen LogP contribution in [0.5, 0.6) is 0 Å². The molecule has 0 bridgehead atoms. The molecule has 1 rings (SSSR count). The Balaban J connectivity index is 2.69. The van der Waals surface area contributed by atoms with Crippen molar-refractivity contribution in [2.45, 2.75) is 5.88 Å². The van der Waals surface area contributed by atoms with Gasteiger partial charge in [-0.15, -0.1) is 0 Å². The molecule has 0 saturated heterocycles. The first-order chi connectivity index (χ1) is 7.96. The van der Waals surface area contributed by atoms with E-state index in [1.807, 2.05) is 0 Å². The monoisotopic (exact) mass is 264 g/mol. The maximum absolute atomic E-state index is 11.5. The zero-order valence-corrected chi connectivity index (χ0v) is 9.88. The SMILES string of the molecule is COCCNS(=O)(=O)Cn1ccnc1[N+](=O)[O-]. The molecule has 17 heavy (non-hydrogen) atoms. The number of ether oxygens (including phenoxy) is 1. The van der Waals surface area contributed by atoms with E-state index >= 15 is 0 Å². The minimum Gasteiger partial charge on any atom is -0.390 e. The summed E-state index contributed by atoms with van der Waals surface area (Å²) in [7, 11) is -2.20. The summed E-state index contributed by atoms with van der Waals surface area (Å²) >= 11 is 0. The van der Waals surface area contributed by atoms with Crippen LogP contribution in [-0.4, -0.2) is 43.2 Å². The number of imidazole rings is 1. The van der Waals surface area contributed by atoms with Crippen LogP contribution in [0.3, 0.4) is 0 Å². The van der Waals surface area contributed by atoms with Gasteiger partial charge in [-0.1, -0.05) is 4.98 Å². The Morgan fingerprint density at radius 3 is 2.94 bits per heavy atom. The van der Waals surface area contributed by atoms with Crippen LogP contribution in [0.4, 0.5) is 5.95 Å². The zero-order valence-electron chi connectivity index (χ0n) is 9.07. The molecule has 10 heteroatoms. The summed E-state index contributed by atoms with van der Waals surface area (Å²) < 4.78 is 30.9. The summed E-state index contributed by atoms with van der Waals surface area (Å²) in [5.41, 5.74) is 0. The molecule has 9 nitrogen and oxygen atoms in total. The standard InChI is InChI=1S/C7H12N4O5S/c1-16-5-3-9-17(14,15)6-10-4-2-8-7(10)11(12)13/h2,4,9H,3,5-6H2,1H3. The van der Waals surface area contributed by atoms with Crippen LogP contribution in [0.15, 0.2) is 12.4 Å². The van der Waals surface area contributed by atoms with E-state index < -0.39 is 26.8 Å². The van der Waals surface area contributed by atoms with Gasteiger partial charge in [0.15, 0.2) is 5.88 Å². The van der Waals surface area contributed by atoms with Crippen molar-refractivity contribution in [3.63, 3.8) is 0 Å². The molecule has 0 amide bonds. The van der Waals surface area contributed by atoms with E-state index in [4.69, 9.17) is 0 Å². The minimum absolute atomic E-state index is 0.112. The molecule has 0 unspecified atom stereocenters. The fraction of sp³-hybridized carbons (Fsp3) is 0.571. The fourth-order valence-electron chi connectivity index (χ4n) is 1.10. The van der Waals surface area contributed by atoms with Crippen LogP contribution in [0.25, 0.3) is 0 Å². The van der Waals surface area contributed by atoms with Crippen molar-refractivity contribution in [2.24, 2.45) is 0 Å². The molecule has 1 aromatic rings. The molecule has 0 atom stereocenters. The molecule has 0 aliphatic heterocycles. The first-order valence-electron chi connectivity index (χ1n) is 4.58. The number of nitro groups is 1. The lowest BCUT2D eigenvalue weighted by molar-refractivity contribution is -0.396. The van der Waals surface area contributed by atoms with Crippen LogP contribution in [-0.2, 0) is 20.6 Å². The minimum atomic E-state index is -3.64. The van der Waals surface area contributed by atoms with Crippen LogP contribution >= 0.6 is 0 Å². The number of aromatic nitrogens is 2. The van der Waals surface area contributed by atoms with Gasteiger partial charge in [0.1, 0.15) is 12.4 Å². The number of hydrogen-bond donors (Lipinski definition) is 1. The molecule has 0 fully saturated rings. The molecule has 96 valence electrons. The normalized spacial score (nSPS) is 11.6. The third kappa shape index (κ3) is 4.09. The summed E-state index contributed by atoms with van der Waals surface area (Å²) in [6.45, 7) is 0.340. The average Bonchev–Trinajstić information content (AvgIpc) is 2.65. The van der Waals surface area contributed by atoms with Gasteiger partial charge in [0.2, 0.25) is 10.0 Å². The predicted molar refractivity (Wildman–Crippen MR) is 57.7 cm³/mol. The van der Waals surface area contributed by atoms with Gasteiger partial charge in [0, 0.05) is 13.7 Å². The van der Waals surface area contributed by atoms with Crippen molar-refractivity contribution in [1.82, 2.24) is 14.3 Å². The highest BCUT2D eigenvalue weighted by molar-refractivity contribution is 7.88. The quantitative estimate of drug-likeness (QED) is 0.396. The van der Waals surface area contributed by atoms with E-state index in [0.717, 1.165) is 4.57 Å². The third-order valence-electron chi connectivity index (χ3n) is 1.79. The van der Waals surface area contributed by atoms with E-state index in [1.54, 1.807) is 0 Å². The molecule has 1 heterocycles. The maximum Gasteiger partial charge on any atom is 0.435 e. The van der Waals surface area contributed by atoms with Gasteiger partial charge in [-0.2, -0.15) is 0 Å². The van der Waals surface area contributed by atoms with Gasteiger partial charge in [-0.05, 0) is 4.92 Å². The summed E-state index contributed by atoms with van der Waals surface area (Å²) in [6, 6.07) is 0. The first kappa shape index (κ1) is 13.5. The number of methoxy groups -OCH3 is 1. The maximum atomic E-state index is 11.5. The van der Waals surface area contributed by atoms with Crippen molar-refractivity contribution in [3.8, 4) is 0 Å². The highest BCUT2D eigenvalue weighted by atomic mass is 32.2. The number of sulfonamides is 1. The lowest BCUT2D eigenvalue weighted by Crippen LogP contribution is -2.30. The van der Waals surface area contributed by atoms with Crippen molar-refractivity contribution < 1.29 is 18.1 Å². The van der Waals surface area contributed by atoms with Crippen molar-refractivity contribution in [3.05, 3.63) is 22.5 Å². The summed E-state index contributed by atoms with van der Waals surface area (Å²) in [5, 5.41) is 10.5. The molecule has 1 aromatic heterocycles. The number of hydrogen-bond acceptors (Lipinski definition) is 6. The van der Waals surface area contributed by atoms with Gasteiger partial charge in [0.25, 0.3) is 0 Å². The van der Waals surface area contributed by atoms with E-state index in [9.17, 15) is 18.5 Å². The highest BCUT2D eigenvalue weighted by Gasteiger charge is 2.20. The van der Waals surface area contributed by atoms with Crippen LogP contribution in [0.2, 0.25) is 0 Å². The van der Waals surface area contributed by atoms with Crippen LogP contribution < -0.4 is 4.72 Å². The van der Waals surface area contributed by atoms with Gasteiger partial charge < -0.3 is 14.9 Å². The fourth-order valence-corrected chi connectivity index (χ4v) is 2.16. The Labute approximate surface area is 97.6 Å². The second-order valence-electron chi connectivity index (χ2n) is 3.09. The molecule has 0 radical (unpaired) electrons. The summed E-state index contributed by atoms with van der Waals surface area (Å²) in [6.07, 6.45) is 2.40. The van der Waals surface area contributed by atoms with Crippen LogP contribution in [0, 0.1) is 10.1 Å². The molecule has 0 aliphatic rings. The predicted octanol–water partition coefficient (Wildman–Crippen LogP) is -0.685. The summed E-state index contributed by atoms with van der Waals surface area (Å²) in [5.74, 6) is -1.06. The smallest absolute Gasteiger partial charge is 0.390 e. The van der Waals surface area contributed by atoms with E-state index in [1.165, 1.54) is 19.5 Å². The van der Waals surface area contributed by atoms with E-state index in [2.05, 4.69) is 14.4 Å². The lowest BCUT2D eigenvalue weighted by Gasteiger charge is -2.05. The van der Waals surface area contributed by atoms with Crippen molar-refractivity contribution in [2.75, 3.05) is 20.3 Å². The van der Waals surface area contributed by atoms with Crippen molar-refractivity contribution in [1.29, 1.82) is 0 Å².